The maximum Gasteiger partial charge on any atom is 0.164 e. The van der Waals surface area contributed by atoms with Crippen LogP contribution >= 0.6 is 0 Å². The van der Waals surface area contributed by atoms with E-state index >= 15 is 0 Å². The van der Waals surface area contributed by atoms with Gasteiger partial charge in [-0.05, 0) is 72.8 Å². The predicted molar refractivity (Wildman–Crippen MR) is 258 cm³/mol. The molecule has 0 bridgehead atoms. The zero-order chi connectivity index (χ0) is 42.0. The summed E-state index contributed by atoms with van der Waals surface area (Å²) in [5.41, 5.74) is 16.5. The van der Waals surface area contributed by atoms with Crippen LogP contribution in [0.1, 0.15) is 44.5 Å². The van der Waals surface area contributed by atoms with Crippen LogP contribution in [0.5, 0.6) is 0 Å². The van der Waals surface area contributed by atoms with E-state index < -0.39 is 5.41 Å². The second-order valence-electron chi connectivity index (χ2n) is 15.9. The first-order chi connectivity index (χ1) is 31.3. The van der Waals surface area contributed by atoms with Gasteiger partial charge in [0.05, 0.1) is 5.41 Å². The zero-order valence-corrected chi connectivity index (χ0v) is 34.5. The molecule has 0 spiro atoms. The molecule has 9 aromatic carbocycles. The number of rotatable bonds is 9. The van der Waals surface area contributed by atoms with Crippen molar-refractivity contribution in [1.82, 2.24) is 15.0 Å². The molecule has 0 saturated heterocycles. The molecule has 3 nitrogen and oxygen atoms in total. The first-order valence-corrected chi connectivity index (χ1v) is 21.4. The van der Waals surface area contributed by atoms with Crippen LogP contribution in [0.25, 0.3) is 56.4 Å². The number of hydrogen-bond acceptors (Lipinski definition) is 3. The minimum atomic E-state index is -0.541. The maximum atomic E-state index is 5.28. The molecule has 1 heterocycles. The van der Waals surface area contributed by atoms with Gasteiger partial charge in [0, 0.05) is 16.7 Å². The summed E-state index contributed by atoms with van der Waals surface area (Å²) in [6, 6.07) is 88.3. The van der Waals surface area contributed by atoms with Gasteiger partial charge < -0.3 is 0 Å². The van der Waals surface area contributed by atoms with Gasteiger partial charge in [-0.3, -0.25) is 0 Å². The van der Waals surface area contributed by atoms with Crippen molar-refractivity contribution in [3.63, 3.8) is 0 Å². The van der Waals surface area contributed by atoms with Gasteiger partial charge in [0.1, 0.15) is 0 Å². The van der Waals surface area contributed by atoms with Crippen molar-refractivity contribution in [2.24, 2.45) is 0 Å². The first kappa shape index (κ1) is 37.7. The van der Waals surface area contributed by atoms with Crippen molar-refractivity contribution in [3.8, 4) is 45.3 Å². The summed E-state index contributed by atoms with van der Waals surface area (Å²) in [6.07, 6.45) is 0. The lowest BCUT2D eigenvalue weighted by atomic mass is 9.67. The highest BCUT2D eigenvalue weighted by molar-refractivity contribution is 6.04. The minimum absolute atomic E-state index is 0.541. The van der Waals surface area contributed by atoms with Crippen molar-refractivity contribution >= 4 is 11.1 Å². The van der Waals surface area contributed by atoms with Crippen LogP contribution in [0.4, 0.5) is 0 Å². The molecular weight excluding hydrogens is 763 g/mol. The molecule has 1 aliphatic rings. The Labute approximate surface area is 368 Å². The predicted octanol–water partition coefficient (Wildman–Crippen LogP) is 14.2. The number of fused-ring (bicyclic) bond motifs is 3. The Bertz CT molecular complexity index is 3150. The normalized spacial score (nSPS) is 12.3. The first-order valence-electron chi connectivity index (χ1n) is 21.4. The van der Waals surface area contributed by atoms with E-state index in [9.17, 15) is 0 Å². The molecule has 0 amide bonds. The quantitative estimate of drug-likeness (QED) is 0.136. The van der Waals surface area contributed by atoms with Gasteiger partial charge in [-0.25, -0.2) is 15.0 Å². The van der Waals surface area contributed by atoms with Crippen molar-refractivity contribution in [2.75, 3.05) is 0 Å². The van der Waals surface area contributed by atoms with E-state index in [1.165, 1.54) is 33.4 Å². The van der Waals surface area contributed by atoms with Crippen molar-refractivity contribution in [1.29, 1.82) is 0 Å². The standard InChI is InChI=1S/C60H41N3/c1-6-21-42(22-7-1)55(43-23-8-2-9-24-43)56(44-25-10-3-11-26-44)45-37-39-47(40-38-45)58-61-57(46-27-12-4-13-28-46)62-59(63-58)48-29-20-32-50(41-48)60(49-30-14-5-15-31-49)53-35-18-16-33-51(53)52-34-17-19-36-54(52)60/h1-41H. The third-order valence-corrected chi connectivity index (χ3v) is 12.2. The Morgan fingerprint density at radius 1 is 0.270 bits per heavy atom. The van der Waals surface area contributed by atoms with E-state index in [2.05, 4.69) is 231 Å². The number of hydrogen-bond donors (Lipinski definition) is 0. The molecule has 0 unspecified atom stereocenters. The zero-order valence-electron chi connectivity index (χ0n) is 34.5. The highest BCUT2D eigenvalue weighted by Crippen LogP contribution is 2.56. The fourth-order valence-electron chi connectivity index (χ4n) is 9.46. The maximum absolute atomic E-state index is 5.28. The average Bonchev–Trinajstić information content (AvgIpc) is 3.68. The molecule has 1 aromatic heterocycles. The second-order valence-corrected chi connectivity index (χ2v) is 15.9. The molecular formula is C60H41N3. The fraction of sp³-hybridized carbons (Fsp3) is 0.0167. The highest BCUT2D eigenvalue weighted by atomic mass is 15.0. The average molecular weight is 804 g/mol. The molecule has 3 heteroatoms. The van der Waals surface area contributed by atoms with Crippen molar-refractivity contribution in [3.05, 3.63) is 293 Å². The Kier molecular flexibility index (Phi) is 9.76. The molecule has 0 saturated carbocycles. The van der Waals surface area contributed by atoms with Crippen LogP contribution in [0.3, 0.4) is 0 Å². The number of nitrogens with zero attached hydrogens (tertiary/aromatic N) is 3. The molecule has 63 heavy (non-hydrogen) atoms. The summed E-state index contributed by atoms with van der Waals surface area (Å²) < 4.78 is 0. The van der Waals surface area contributed by atoms with Gasteiger partial charge in [-0.1, -0.05) is 243 Å². The molecule has 0 atom stereocenters. The van der Waals surface area contributed by atoms with Crippen LogP contribution in [0, 0.1) is 0 Å². The molecule has 1 aliphatic carbocycles. The lowest BCUT2D eigenvalue weighted by Gasteiger charge is -2.34. The lowest BCUT2D eigenvalue weighted by Crippen LogP contribution is -2.28. The molecule has 296 valence electrons. The van der Waals surface area contributed by atoms with Gasteiger partial charge in [-0.15, -0.1) is 0 Å². The Morgan fingerprint density at radius 3 is 1.11 bits per heavy atom. The lowest BCUT2D eigenvalue weighted by molar-refractivity contribution is 0.768. The highest BCUT2D eigenvalue weighted by Gasteiger charge is 2.46. The van der Waals surface area contributed by atoms with E-state index in [1.54, 1.807) is 0 Å². The fourth-order valence-corrected chi connectivity index (χ4v) is 9.46. The van der Waals surface area contributed by atoms with E-state index in [-0.39, 0.29) is 0 Å². The Hall–Kier alpha value is -8.27. The molecule has 11 rings (SSSR count). The van der Waals surface area contributed by atoms with Crippen molar-refractivity contribution < 1.29 is 0 Å². The summed E-state index contributed by atoms with van der Waals surface area (Å²) in [5.74, 6) is 1.86. The van der Waals surface area contributed by atoms with Gasteiger partial charge in [0.15, 0.2) is 17.5 Å². The Balaban J connectivity index is 1.08. The van der Waals surface area contributed by atoms with E-state index in [0.717, 1.165) is 50.1 Å². The minimum Gasteiger partial charge on any atom is -0.208 e. The SMILES string of the molecule is c1ccc(C(=C(c2ccccc2)c2ccc(-c3nc(-c4ccccc4)nc(-c4cccc(C5(c6ccccc6)c6ccccc6-c6ccccc65)c4)n3)cc2)c2ccccc2)cc1. The molecule has 0 N–H and O–H groups in total. The van der Waals surface area contributed by atoms with Crippen LogP contribution in [0.15, 0.2) is 249 Å². The topological polar surface area (TPSA) is 38.7 Å². The van der Waals surface area contributed by atoms with E-state index in [1.807, 2.05) is 18.2 Å². The second kappa shape index (κ2) is 16.3. The molecule has 10 aromatic rings. The Morgan fingerprint density at radius 2 is 0.619 bits per heavy atom. The summed E-state index contributed by atoms with van der Waals surface area (Å²) in [7, 11) is 0. The third kappa shape index (κ3) is 6.77. The van der Waals surface area contributed by atoms with Crippen LogP contribution in [-0.2, 0) is 5.41 Å². The monoisotopic (exact) mass is 803 g/mol. The summed E-state index contributed by atoms with van der Waals surface area (Å²) in [5, 5.41) is 0. The van der Waals surface area contributed by atoms with Gasteiger partial charge >= 0.3 is 0 Å². The van der Waals surface area contributed by atoms with Crippen LogP contribution in [0.2, 0.25) is 0 Å². The van der Waals surface area contributed by atoms with Gasteiger partial charge in [0.2, 0.25) is 0 Å². The summed E-state index contributed by atoms with van der Waals surface area (Å²) in [6.45, 7) is 0. The van der Waals surface area contributed by atoms with Crippen molar-refractivity contribution in [2.45, 2.75) is 5.41 Å². The molecule has 0 aliphatic heterocycles. The van der Waals surface area contributed by atoms with E-state index in [4.69, 9.17) is 15.0 Å². The van der Waals surface area contributed by atoms with Crippen LogP contribution in [-0.4, -0.2) is 15.0 Å². The number of aromatic nitrogens is 3. The van der Waals surface area contributed by atoms with Gasteiger partial charge in [-0.2, -0.15) is 0 Å². The number of benzene rings is 9. The van der Waals surface area contributed by atoms with Crippen LogP contribution < -0.4 is 0 Å². The van der Waals surface area contributed by atoms with Gasteiger partial charge in [0.25, 0.3) is 0 Å². The smallest absolute Gasteiger partial charge is 0.164 e. The third-order valence-electron chi connectivity index (χ3n) is 12.2. The molecule has 0 radical (unpaired) electrons. The summed E-state index contributed by atoms with van der Waals surface area (Å²) >= 11 is 0. The summed E-state index contributed by atoms with van der Waals surface area (Å²) in [4.78, 5) is 15.6. The largest absolute Gasteiger partial charge is 0.208 e. The van der Waals surface area contributed by atoms with E-state index in [0.29, 0.717) is 17.5 Å². The molecule has 0 fully saturated rings.